The topological polar surface area (TPSA) is 70.8 Å². The van der Waals surface area contributed by atoms with Gasteiger partial charge in [0.25, 0.3) is 0 Å². The first-order valence-corrected chi connectivity index (χ1v) is 11.4. The van der Waals surface area contributed by atoms with Crippen LogP contribution in [-0.2, 0) is 6.54 Å². The van der Waals surface area contributed by atoms with Gasteiger partial charge in [-0.25, -0.2) is 13.6 Å². The molecule has 1 fully saturated rings. The van der Waals surface area contributed by atoms with E-state index in [2.05, 4.69) is 10.00 Å². The molecule has 186 valence electrons. The lowest BCUT2D eigenvalue weighted by Gasteiger charge is -2.40. The maximum Gasteiger partial charge on any atom is 0.408 e. The molecule has 7 nitrogen and oxygen atoms in total. The number of ether oxygens (including phenoxy) is 1. The van der Waals surface area contributed by atoms with Gasteiger partial charge in [0.1, 0.15) is 5.75 Å². The lowest BCUT2D eigenvalue weighted by atomic mass is 9.90. The summed E-state index contributed by atoms with van der Waals surface area (Å²) in [5, 5.41) is 14.5. The molecule has 35 heavy (non-hydrogen) atoms. The van der Waals surface area contributed by atoms with Crippen molar-refractivity contribution in [2.45, 2.75) is 44.8 Å². The van der Waals surface area contributed by atoms with Crippen LogP contribution in [0.15, 0.2) is 54.9 Å². The zero-order chi connectivity index (χ0) is 25.3. The van der Waals surface area contributed by atoms with Gasteiger partial charge >= 0.3 is 6.09 Å². The first kappa shape index (κ1) is 24.5. The summed E-state index contributed by atoms with van der Waals surface area (Å²) < 4.78 is 34.7. The molecule has 3 aromatic rings. The zero-order valence-electron chi connectivity index (χ0n) is 20.3. The number of hydrogen-bond donors (Lipinski definition) is 1. The van der Waals surface area contributed by atoms with Crippen LogP contribution in [0.1, 0.15) is 37.8 Å². The summed E-state index contributed by atoms with van der Waals surface area (Å²) in [4.78, 5) is 15.7. The number of nitrogens with zero attached hydrogens (tertiary/aromatic N) is 4. The Kier molecular flexibility index (Phi) is 6.69. The lowest BCUT2D eigenvalue weighted by Crippen LogP contribution is -2.53. The number of carbonyl (C=O) groups is 1. The second-order valence-electron chi connectivity index (χ2n) is 9.82. The van der Waals surface area contributed by atoms with Crippen molar-refractivity contribution in [1.82, 2.24) is 14.7 Å². The van der Waals surface area contributed by atoms with Crippen LogP contribution in [0.4, 0.5) is 19.3 Å². The van der Waals surface area contributed by atoms with E-state index in [0.717, 1.165) is 23.1 Å². The average molecular weight is 485 g/mol. The molecule has 0 bridgehead atoms. The van der Waals surface area contributed by atoms with Gasteiger partial charge < -0.3 is 14.7 Å². The minimum absolute atomic E-state index is 0.342. The molecule has 0 spiro atoms. The number of benzene rings is 2. The standard InChI is InChI=1S/C26H30F2N4O3/c1-26(2,3)32(25(33)34)24-16-30(15-21(24)18-7-10-22(27)23(28)11-18)19-12-29-31(14-19)13-17-5-8-20(35-4)9-6-17/h5-12,14,21,24H,13,15-16H2,1-4H3,(H,33,34)/t21-,24+/m0/s1. The highest BCUT2D eigenvalue weighted by Gasteiger charge is 2.44. The quantitative estimate of drug-likeness (QED) is 0.535. The maximum atomic E-state index is 14.1. The third kappa shape index (κ3) is 5.23. The summed E-state index contributed by atoms with van der Waals surface area (Å²) >= 11 is 0. The Labute approximate surface area is 203 Å². The summed E-state index contributed by atoms with van der Waals surface area (Å²) in [6.45, 7) is 6.92. The number of carboxylic acid groups (broad SMARTS) is 1. The van der Waals surface area contributed by atoms with E-state index in [4.69, 9.17) is 4.74 Å². The van der Waals surface area contributed by atoms with Gasteiger partial charge in [-0.2, -0.15) is 5.10 Å². The molecular weight excluding hydrogens is 454 g/mol. The van der Waals surface area contributed by atoms with Gasteiger partial charge in [-0.15, -0.1) is 0 Å². The molecule has 0 unspecified atom stereocenters. The molecule has 4 rings (SSSR count). The molecule has 1 N–H and O–H groups in total. The van der Waals surface area contributed by atoms with Crippen LogP contribution in [0.25, 0.3) is 0 Å². The smallest absolute Gasteiger partial charge is 0.408 e. The van der Waals surface area contributed by atoms with Gasteiger partial charge in [-0.05, 0) is 56.2 Å². The second kappa shape index (κ2) is 9.56. The molecule has 2 aromatic carbocycles. The highest BCUT2D eigenvalue weighted by Crippen LogP contribution is 2.37. The average Bonchev–Trinajstić information content (AvgIpc) is 3.42. The number of rotatable bonds is 6. The maximum absolute atomic E-state index is 14.1. The van der Waals surface area contributed by atoms with Crippen molar-refractivity contribution in [3.8, 4) is 5.75 Å². The van der Waals surface area contributed by atoms with Crippen molar-refractivity contribution >= 4 is 11.8 Å². The fourth-order valence-electron chi connectivity index (χ4n) is 4.78. The van der Waals surface area contributed by atoms with E-state index in [1.165, 1.54) is 17.0 Å². The Hall–Kier alpha value is -3.62. The molecule has 1 aromatic heterocycles. The minimum Gasteiger partial charge on any atom is -0.497 e. The highest BCUT2D eigenvalue weighted by molar-refractivity contribution is 5.67. The predicted octanol–water partition coefficient (Wildman–Crippen LogP) is 4.97. The van der Waals surface area contributed by atoms with E-state index in [9.17, 15) is 18.7 Å². The van der Waals surface area contributed by atoms with Gasteiger partial charge in [-0.3, -0.25) is 9.58 Å². The molecule has 2 heterocycles. The van der Waals surface area contributed by atoms with E-state index in [1.54, 1.807) is 13.3 Å². The van der Waals surface area contributed by atoms with Gasteiger partial charge in [-0.1, -0.05) is 18.2 Å². The van der Waals surface area contributed by atoms with Crippen molar-refractivity contribution in [3.63, 3.8) is 0 Å². The third-order valence-corrected chi connectivity index (χ3v) is 6.41. The van der Waals surface area contributed by atoms with Crippen LogP contribution in [0.3, 0.4) is 0 Å². The Balaban J connectivity index is 1.61. The Bertz CT molecular complexity index is 1190. The van der Waals surface area contributed by atoms with Crippen LogP contribution in [-0.4, -0.2) is 57.7 Å². The van der Waals surface area contributed by atoms with Crippen molar-refractivity contribution < 1.29 is 23.4 Å². The Morgan fingerprint density at radius 3 is 2.46 bits per heavy atom. The van der Waals surface area contributed by atoms with E-state index in [0.29, 0.717) is 25.2 Å². The van der Waals surface area contributed by atoms with E-state index < -0.39 is 29.3 Å². The molecule has 2 atom stereocenters. The first-order chi connectivity index (χ1) is 16.6. The molecule has 0 aliphatic carbocycles. The van der Waals surface area contributed by atoms with Crippen molar-refractivity contribution in [1.29, 1.82) is 0 Å². The van der Waals surface area contributed by atoms with Crippen LogP contribution < -0.4 is 9.64 Å². The number of hydrogen-bond acceptors (Lipinski definition) is 4. The van der Waals surface area contributed by atoms with Crippen LogP contribution in [0.5, 0.6) is 5.75 Å². The molecule has 1 amide bonds. The summed E-state index contributed by atoms with van der Waals surface area (Å²) in [5.41, 5.74) is 1.79. The second-order valence-corrected chi connectivity index (χ2v) is 9.82. The normalized spacial score (nSPS) is 18.1. The SMILES string of the molecule is COc1ccc(Cn2cc(N3C[C@@H](N(C(=O)O)C(C)(C)C)[C@H](c4ccc(F)c(F)c4)C3)cn2)cc1. The summed E-state index contributed by atoms with van der Waals surface area (Å²) in [5.74, 6) is -1.43. The number of amides is 1. The van der Waals surface area contributed by atoms with Gasteiger partial charge in [0.15, 0.2) is 11.6 Å². The Morgan fingerprint density at radius 1 is 1.14 bits per heavy atom. The largest absolute Gasteiger partial charge is 0.497 e. The number of halogens is 2. The third-order valence-electron chi connectivity index (χ3n) is 6.41. The van der Waals surface area contributed by atoms with Crippen LogP contribution >= 0.6 is 0 Å². The predicted molar refractivity (Wildman–Crippen MR) is 129 cm³/mol. The first-order valence-electron chi connectivity index (χ1n) is 11.4. The number of anilines is 1. The van der Waals surface area contributed by atoms with Crippen molar-refractivity contribution in [2.75, 3.05) is 25.1 Å². The van der Waals surface area contributed by atoms with Crippen LogP contribution in [0, 0.1) is 11.6 Å². The van der Waals surface area contributed by atoms with Gasteiger partial charge in [0.2, 0.25) is 0 Å². The summed E-state index contributed by atoms with van der Waals surface area (Å²) in [7, 11) is 1.62. The highest BCUT2D eigenvalue weighted by atomic mass is 19.2. The van der Waals surface area contributed by atoms with E-state index in [1.807, 2.05) is 55.9 Å². The molecular formula is C26H30F2N4O3. The summed E-state index contributed by atoms with van der Waals surface area (Å²) in [6, 6.07) is 11.1. The molecule has 1 saturated heterocycles. The monoisotopic (exact) mass is 484 g/mol. The van der Waals surface area contributed by atoms with Gasteiger partial charge in [0.05, 0.1) is 31.6 Å². The van der Waals surface area contributed by atoms with Gasteiger partial charge in [0, 0.05) is 30.7 Å². The zero-order valence-corrected chi connectivity index (χ0v) is 20.3. The molecule has 1 aliphatic heterocycles. The summed E-state index contributed by atoms with van der Waals surface area (Å²) in [6.07, 6.45) is 2.61. The Morgan fingerprint density at radius 2 is 1.86 bits per heavy atom. The molecule has 0 radical (unpaired) electrons. The van der Waals surface area contributed by atoms with Crippen molar-refractivity contribution in [3.05, 3.63) is 77.6 Å². The molecule has 1 aliphatic rings. The van der Waals surface area contributed by atoms with Crippen molar-refractivity contribution in [2.24, 2.45) is 0 Å². The minimum atomic E-state index is -1.05. The number of aromatic nitrogens is 2. The van der Waals surface area contributed by atoms with Crippen LogP contribution in [0.2, 0.25) is 0 Å². The van der Waals surface area contributed by atoms with E-state index in [-0.39, 0.29) is 5.92 Å². The number of methoxy groups -OCH3 is 1. The lowest BCUT2D eigenvalue weighted by molar-refractivity contribution is 0.0712. The molecule has 9 heteroatoms. The van der Waals surface area contributed by atoms with E-state index >= 15 is 0 Å². The fourth-order valence-corrected chi connectivity index (χ4v) is 4.78. The molecule has 0 saturated carbocycles. The fraction of sp³-hybridized carbons (Fsp3) is 0.385.